The summed E-state index contributed by atoms with van der Waals surface area (Å²) in [5.74, 6) is -0.651. The Morgan fingerprint density at radius 3 is 2.68 bits per heavy atom. The molecule has 0 heterocycles. The largest absolute Gasteiger partial charge is 0.392 e. The summed E-state index contributed by atoms with van der Waals surface area (Å²) < 4.78 is 4.37. The summed E-state index contributed by atoms with van der Waals surface area (Å²) in [5.41, 5.74) is 2.13. The van der Waals surface area contributed by atoms with Gasteiger partial charge in [0.05, 0.1) is 5.56 Å². The van der Waals surface area contributed by atoms with E-state index >= 15 is 0 Å². The fourth-order valence-electron chi connectivity index (χ4n) is 1.82. The number of esters is 1. The van der Waals surface area contributed by atoms with Crippen LogP contribution in [0.25, 0.3) is 0 Å². The van der Waals surface area contributed by atoms with Crippen LogP contribution in [0, 0.1) is 0 Å². The predicted molar refractivity (Wildman–Crippen MR) is 71.1 cm³/mol. The average Bonchev–Trinajstić information content (AvgIpc) is 2.38. The van der Waals surface area contributed by atoms with Gasteiger partial charge < -0.3 is 4.74 Å². The quantitative estimate of drug-likeness (QED) is 0.334. The van der Waals surface area contributed by atoms with Gasteiger partial charge in [-0.3, -0.25) is 9.59 Å². The summed E-state index contributed by atoms with van der Waals surface area (Å²) in [7, 11) is 0. The van der Waals surface area contributed by atoms with Gasteiger partial charge >= 0.3 is 12.4 Å². The molecule has 0 aliphatic carbocycles. The number of hydrogen-bond acceptors (Lipinski definition) is 4. The lowest BCUT2D eigenvalue weighted by Gasteiger charge is -2.08. The van der Waals surface area contributed by atoms with Gasteiger partial charge in [0.15, 0.2) is 0 Å². The smallest absolute Gasteiger partial charge is 0.345 e. The van der Waals surface area contributed by atoms with Crippen LogP contribution in [0.15, 0.2) is 18.2 Å². The Bertz CT molecular complexity index is 482. The summed E-state index contributed by atoms with van der Waals surface area (Å²) in [6.07, 6.45) is 2.23. The van der Waals surface area contributed by atoms with Crippen molar-refractivity contribution >= 4 is 29.3 Å². The molecule has 19 heavy (non-hydrogen) atoms. The summed E-state index contributed by atoms with van der Waals surface area (Å²) in [4.78, 5) is 32.5. The molecule has 4 nitrogen and oxygen atoms in total. The first-order valence-corrected chi connectivity index (χ1v) is 6.41. The zero-order chi connectivity index (χ0) is 14.3. The first kappa shape index (κ1) is 15.4. The minimum Gasteiger partial charge on any atom is -0.392 e. The van der Waals surface area contributed by atoms with Crippen LogP contribution in [0.1, 0.15) is 41.3 Å². The normalized spacial score (nSPS) is 10.0. The fourth-order valence-corrected chi connectivity index (χ4v) is 1.95. The van der Waals surface area contributed by atoms with Crippen molar-refractivity contribution in [1.82, 2.24) is 0 Å². The lowest BCUT2D eigenvalue weighted by atomic mass is 9.99. The minimum absolute atomic E-state index is 0.126. The van der Waals surface area contributed by atoms with Crippen molar-refractivity contribution in [2.75, 3.05) is 0 Å². The lowest BCUT2D eigenvalue weighted by Crippen LogP contribution is -2.08. The number of aryl methyl sites for hydroxylation is 2. The van der Waals surface area contributed by atoms with Crippen molar-refractivity contribution in [3.8, 4) is 0 Å². The summed E-state index contributed by atoms with van der Waals surface area (Å²) in [5, 5.41) is -0.370. The summed E-state index contributed by atoms with van der Waals surface area (Å²) in [6, 6.07) is 5.43. The van der Waals surface area contributed by atoms with Crippen molar-refractivity contribution in [3.63, 3.8) is 0 Å². The molecule has 0 bridgehead atoms. The minimum atomic E-state index is -0.651. The maximum absolute atomic E-state index is 11.6. The maximum atomic E-state index is 11.6. The monoisotopic (exact) mass is 282 g/mol. The Morgan fingerprint density at radius 2 is 2.11 bits per heavy atom. The summed E-state index contributed by atoms with van der Waals surface area (Å²) >= 11 is 5.26. The molecule has 0 unspecified atom stereocenters. The van der Waals surface area contributed by atoms with Crippen LogP contribution in [-0.2, 0) is 27.2 Å². The Kier molecular flexibility index (Phi) is 6.22. The maximum Gasteiger partial charge on any atom is 0.345 e. The third-order valence-electron chi connectivity index (χ3n) is 2.77. The van der Waals surface area contributed by atoms with Gasteiger partial charge in [0.2, 0.25) is 5.24 Å². The molecule has 0 amide bonds. The van der Waals surface area contributed by atoms with Crippen LogP contribution in [-0.4, -0.2) is 17.7 Å². The van der Waals surface area contributed by atoms with Crippen molar-refractivity contribution in [1.29, 1.82) is 0 Å². The van der Waals surface area contributed by atoms with Crippen molar-refractivity contribution in [2.45, 2.75) is 32.6 Å². The standard InChI is InChI=1S/C14H15ClO4/c1-2-11-7-6-10(4-3-5-13(15)17)8-12(11)14(18)19-9-16/h6-9H,2-5H2,1H3. The van der Waals surface area contributed by atoms with E-state index in [1.165, 1.54) is 0 Å². The summed E-state index contributed by atoms with van der Waals surface area (Å²) in [6.45, 7) is 2.04. The molecule has 0 fully saturated rings. The molecule has 0 aliphatic rings. The van der Waals surface area contributed by atoms with E-state index in [4.69, 9.17) is 11.6 Å². The van der Waals surface area contributed by atoms with Crippen molar-refractivity contribution in [3.05, 3.63) is 34.9 Å². The SMILES string of the molecule is CCc1ccc(CCCC(=O)Cl)cc1C(=O)OC=O. The molecule has 1 rings (SSSR count). The topological polar surface area (TPSA) is 60.4 Å². The zero-order valence-corrected chi connectivity index (χ0v) is 11.4. The van der Waals surface area contributed by atoms with Gasteiger partial charge in [0, 0.05) is 6.42 Å². The third kappa shape index (κ3) is 4.83. The van der Waals surface area contributed by atoms with Crippen LogP contribution < -0.4 is 0 Å². The Balaban J connectivity index is 2.85. The highest BCUT2D eigenvalue weighted by molar-refractivity contribution is 6.63. The van der Waals surface area contributed by atoms with E-state index < -0.39 is 5.97 Å². The molecule has 102 valence electrons. The Morgan fingerprint density at radius 1 is 1.37 bits per heavy atom. The highest BCUT2D eigenvalue weighted by Crippen LogP contribution is 2.16. The van der Waals surface area contributed by atoms with Gasteiger partial charge in [-0.05, 0) is 48.1 Å². The first-order chi connectivity index (χ1) is 9.08. The Labute approximate surface area is 116 Å². The average molecular weight is 283 g/mol. The molecule has 0 atom stereocenters. The molecular weight excluding hydrogens is 268 g/mol. The van der Waals surface area contributed by atoms with Crippen LogP contribution in [0.4, 0.5) is 0 Å². The molecule has 0 spiro atoms. The van der Waals surface area contributed by atoms with Crippen LogP contribution in [0.3, 0.4) is 0 Å². The third-order valence-corrected chi connectivity index (χ3v) is 2.96. The number of carbonyl (C=O) groups is 3. The predicted octanol–water partition coefficient (Wildman–Crippen LogP) is 2.65. The fraction of sp³-hybridized carbons (Fsp3) is 0.357. The number of rotatable bonds is 7. The molecule has 0 aromatic heterocycles. The molecular formula is C14H15ClO4. The van der Waals surface area contributed by atoms with Gasteiger partial charge in [0.1, 0.15) is 0 Å². The van der Waals surface area contributed by atoms with Gasteiger partial charge in [-0.1, -0.05) is 19.1 Å². The zero-order valence-electron chi connectivity index (χ0n) is 10.6. The van der Waals surface area contributed by atoms with E-state index in [2.05, 4.69) is 4.74 Å². The molecule has 1 aromatic carbocycles. The van der Waals surface area contributed by atoms with Gasteiger partial charge in [0.25, 0.3) is 0 Å². The number of carbonyl (C=O) groups excluding carboxylic acids is 3. The van der Waals surface area contributed by atoms with E-state index in [-0.39, 0.29) is 11.7 Å². The molecule has 5 heteroatoms. The molecule has 1 aromatic rings. The molecule has 0 radical (unpaired) electrons. The molecule has 0 N–H and O–H groups in total. The lowest BCUT2D eigenvalue weighted by molar-refractivity contribution is -0.123. The highest BCUT2D eigenvalue weighted by atomic mass is 35.5. The van der Waals surface area contributed by atoms with Crippen LogP contribution >= 0.6 is 11.6 Å². The van der Waals surface area contributed by atoms with Crippen molar-refractivity contribution in [2.24, 2.45) is 0 Å². The van der Waals surface area contributed by atoms with E-state index in [0.29, 0.717) is 31.2 Å². The van der Waals surface area contributed by atoms with Gasteiger partial charge in [-0.25, -0.2) is 4.79 Å². The van der Waals surface area contributed by atoms with E-state index in [1.807, 2.05) is 19.1 Å². The van der Waals surface area contributed by atoms with E-state index in [1.54, 1.807) is 6.07 Å². The molecule has 0 aliphatic heterocycles. The van der Waals surface area contributed by atoms with Gasteiger partial charge in [-0.15, -0.1) is 0 Å². The van der Waals surface area contributed by atoms with Crippen LogP contribution in [0.5, 0.6) is 0 Å². The second kappa shape index (κ2) is 7.69. The first-order valence-electron chi connectivity index (χ1n) is 6.03. The van der Waals surface area contributed by atoms with Crippen LogP contribution in [0.2, 0.25) is 0 Å². The number of ether oxygens (including phenoxy) is 1. The van der Waals surface area contributed by atoms with E-state index in [0.717, 1.165) is 11.1 Å². The molecule has 0 saturated carbocycles. The second-order valence-corrected chi connectivity index (χ2v) is 4.48. The van der Waals surface area contributed by atoms with Crippen molar-refractivity contribution < 1.29 is 19.1 Å². The molecule has 0 saturated heterocycles. The highest BCUT2D eigenvalue weighted by Gasteiger charge is 2.12. The van der Waals surface area contributed by atoms with E-state index in [9.17, 15) is 14.4 Å². The Hall–Kier alpha value is -1.68. The number of benzene rings is 1. The van der Waals surface area contributed by atoms with Gasteiger partial charge in [-0.2, -0.15) is 0 Å². The number of hydrogen-bond donors (Lipinski definition) is 0. The second-order valence-electron chi connectivity index (χ2n) is 4.06. The number of halogens is 1.